The number of rotatable bonds is 5. The highest BCUT2D eigenvalue weighted by Gasteiger charge is 2.32. The number of aryl methyl sites for hydroxylation is 1. The molecule has 2 aliphatic rings. The highest BCUT2D eigenvalue weighted by atomic mass is 16.3. The van der Waals surface area contributed by atoms with Crippen molar-refractivity contribution in [3.63, 3.8) is 0 Å². The number of nitrogens with zero attached hydrogens (tertiary/aromatic N) is 4. The Morgan fingerprint density at radius 1 is 1.30 bits per heavy atom. The van der Waals surface area contributed by atoms with Gasteiger partial charge in [-0.1, -0.05) is 0 Å². The highest BCUT2D eigenvalue weighted by molar-refractivity contribution is 5.92. The summed E-state index contributed by atoms with van der Waals surface area (Å²) in [5.41, 5.74) is 0.519. The Bertz CT molecular complexity index is 524. The lowest BCUT2D eigenvalue weighted by Gasteiger charge is -2.38. The molecule has 128 valence electrons. The molecule has 2 atom stereocenters. The van der Waals surface area contributed by atoms with E-state index in [4.69, 9.17) is 0 Å². The highest BCUT2D eigenvalue weighted by Crippen LogP contribution is 2.25. The summed E-state index contributed by atoms with van der Waals surface area (Å²) in [7, 11) is 0. The van der Waals surface area contributed by atoms with Crippen LogP contribution in [-0.2, 0) is 6.54 Å². The molecule has 3 heterocycles. The fourth-order valence-corrected chi connectivity index (χ4v) is 3.89. The lowest BCUT2D eigenvalue weighted by atomic mass is 9.89. The number of aromatic nitrogens is 2. The Morgan fingerprint density at radius 3 is 2.70 bits per heavy atom. The van der Waals surface area contributed by atoms with Crippen molar-refractivity contribution in [2.24, 2.45) is 11.8 Å². The maximum atomic E-state index is 12.7. The van der Waals surface area contributed by atoms with Crippen molar-refractivity contribution in [3.8, 4) is 0 Å². The van der Waals surface area contributed by atoms with Crippen molar-refractivity contribution in [3.05, 3.63) is 18.0 Å². The van der Waals surface area contributed by atoms with Crippen molar-refractivity contribution < 1.29 is 9.90 Å². The van der Waals surface area contributed by atoms with E-state index in [0.29, 0.717) is 18.2 Å². The van der Waals surface area contributed by atoms with Gasteiger partial charge in [0.05, 0.1) is 0 Å². The first kappa shape index (κ1) is 16.5. The van der Waals surface area contributed by atoms with E-state index >= 15 is 0 Å². The van der Waals surface area contributed by atoms with E-state index in [1.165, 1.54) is 25.9 Å². The minimum Gasteiger partial charge on any atom is -0.396 e. The van der Waals surface area contributed by atoms with Crippen LogP contribution in [0.4, 0.5) is 0 Å². The van der Waals surface area contributed by atoms with Crippen LogP contribution in [0.1, 0.15) is 36.7 Å². The second kappa shape index (κ2) is 7.45. The SMILES string of the molecule is CCn1ccc(C(=O)N2C[C@H](CO)C[C@H](CN3CCCC3)C2)n1. The molecule has 0 aromatic carbocycles. The monoisotopic (exact) mass is 320 g/mol. The van der Waals surface area contributed by atoms with Gasteiger partial charge in [-0.2, -0.15) is 5.10 Å². The molecule has 0 bridgehead atoms. The van der Waals surface area contributed by atoms with E-state index in [-0.39, 0.29) is 18.4 Å². The number of hydrogen-bond acceptors (Lipinski definition) is 4. The largest absolute Gasteiger partial charge is 0.396 e. The molecule has 2 aliphatic heterocycles. The number of likely N-dealkylation sites (tertiary alicyclic amines) is 2. The molecular formula is C17H28N4O2. The molecule has 6 heteroatoms. The third-order valence-corrected chi connectivity index (χ3v) is 5.07. The van der Waals surface area contributed by atoms with Gasteiger partial charge in [0, 0.05) is 39.0 Å². The van der Waals surface area contributed by atoms with E-state index in [2.05, 4.69) is 10.00 Å². The number of aliphatic hydroxyl groups is 1. The molecule has 2 fully saturated rings. The van der Waals surface area contributed by atoms with E-state index in [9.17, 15) is 9.90 Å². The van der Waals surface area contributed by atoms with Crippen LogP contribution in [0.25, 0.3) is 0 Å². The first-order valence-corrected chi connectivity index (χ1v) is 8.85. The van der Waals surface area contributed by atoms with Crippen molar-refractivity contribution in [2.75, 3.05) is 39.3 Å². The van der Waals surface area contributed by atoms with Crippen molar-refractivity contribution in [2.45, 2.75) is 32.7 Å². The van der Waals surface area contributed by atoms with E-state index in [1.54, 1.807) is 10.7 Å². The van der Waals surface area contributed by atoms with Gasteiger partial charge in [0.25, 0.3) is 5.91 Å². The second-order valence-electron chi connectivity index (χ2n) is 6.92. The van der Waals surface area contributed by atoms with Gasteiger partial charge in [0.15, 0.2) is 0 Å². The summed E-state index contributed by atoms with van der Waals surface area (Å²) in [6.45, 7) is 7.76. The van der Waals surface area contributed by atoms with Gasteiger partial charge in [0.2, 0.25) is 0 Å². The molecule has 6 nitrogen and oxygen atoms in total. The molecular weight excluding hydrogens is 292 g/mol. The molecule has 2 saturated heterocycles. The van der Waals surface area contributed by atoms with Gasteiger partial charge >= 0.3 is 0 Å². The van der Waals surface area contributed by atoms with Gasteiger partial charge in [0.1, 0.15) is 5.69 Å². The average Bonchev–Trinajstić information content (AvgIpc) is 3.25. The summed E-state index contributed by atoms with van der Waals surface area (Å²) < 4.78 is 1.78. The molecule has 0 aliphatic carbocycles. The Balaban J connectivity index is 1.65. The van der Waals surface area contributed by atoms with Crippen LogP contribution in [0.2, 0.25) is 0 Å². The van der Waals surface area contributed by atoms with Crippen LogP contribution in [0, 0.1) is 11.8 Å². The van der Waals surface area contributed by atoms with Crippen LogP contribution < -0.4 is 0 Å². The van der Waals surface area contributed by atoms with Crippen LogP contribution in [0.15, 0.2) is 12.3 Å². The zero-order valence-electron chi connectivity index (χ0n) is 14.0. The Kier molecular flexibility index (Phi) is 5.33. The lowest BCUT2D eigenvalue weighted by Crippen LogP contribution is -2.47. The second-order valence-corrected chi connectivity index (χ2v) is 6.92. The van der Waals surface area contributed by atoms with Gasteiger partial charge in [-0.3, -0.25) is 9.48 Å². The quantitative estimate of drug-likeness (QED) is 0.881. The molecule has 1 N–H and O–H groups in total. The maximum Gasteiger partial charge on any atom is 0.274 e. The fourth-order valence-electron chi connectivity index (χ4n) is 3.89. The molecule has 1 aromatic rings. The zero-order valence-corrected chi connectivity index (χ0v) is 14.0. The van der Waals surface area contributed by atoms with E-state index < -0.39 is 0 Å². The van der Waals surface area contributed by atoms with Crippen molar-refractivity contribution >= 4 is 5.91 Å². The standard InChI is InChI=1S/C17H28N4O2/c1-2-21-8-5-16(18-21)17(23)20-11-14(9-15(12-20)13-22)10-19-6-3-4-7-19/h5,8,14-15,22H,2-4,6-7,9-13H2,1H3/t14-,15-/m1/s1. The van der Waals surface area contributed by atoms with Crippen molar-refractivity contribution in [1.82, 2.24) is 19.6 Å². The van der Waals surface area contributed by atoms with Crippen LogP contribution in [0.5, 0.6) is 0 Å². The topological polar surface area (TPSA) is 61.6 Å². The number of carbonyl (C=O) groups is 1. The molecule has 1 amide bonds. The minimum atomic E-state index is 0.00164. The first-order valence-electron chi connectivity index (χ1n) is 8.85. The number of piperidine rings is 1. The first-order chi connectivity index (χ1) is 11.2. The van der Waals surface area contributed by atoms with E-state index in [1.807, 2.05) is 18.0 Å². The van der Waals surface area contributed by atoms with Crippen LogP contribution in [0.3, 0.4) is 0 Å². The summed E-state index contributed by atoms with van der Waals surface area (Å²) in [5.74, 6) is 0.645. The maximum absolute atomic E-state index is 12.7. The number of aliphatic hydroxyl groups excluding tert-OH is 1. The molecule has 0 unspecified atom stereocenters. The summed E-state index contributed by atoms with van der Waals surface area (Å²) in [4.78, 5) is 17.1. The van der Waals surface area contributed by atoms with Gasteiger partial charge < -0.3 is 14.9 Å². The van der Waals surface area contributed by atoms with Gasteiger partial charge in [-0.05, 0) is 57.2 Å². The number of carbonyl (C=O) groups excluding carboxylic acids is 1. The molecule has 3 rings (SSSR count). The van der Waals surface area contributed by atoms with Gasteiger partial charge in [-0.15, -0.1) is 0 Å². The third-order valence-electron chi connectivity index (χ3n) is 5.07. The molecule has 0 spiro atoms. The zero-order chi connectivity index (χ0) is 16.2. The number of hydrogen-bond donors (Lipinski definition) is 1. The molecule has 0 saturated carbocycles. The average molecular weight is 320 g/mol. The summed E-state index contributed by atoms with van der Waals surface area (Å²) in [6, 6.07) is 1.80. The normalized spacial score (nSPS) is 25.9. The minimum absolute atomic E-state index is 0.00164. The summed E-state index contributed by atoms with van der Waals surface area (Å²) in [6.07, 6.45) is 5.43. The third kappa shape index (κ3) is 3.93. The van der Waals surface area contributed by atoms with E-state index in [0.717, 1.165) is 26.1 Å². The summed E-state index contributed by atoms with van der Waals surface area (Å²) >= 11 is 0. The lowest BCUT2D eigenvalue weighted by molar-refractivity contribution is 0.0460. The number of amides is 1. The Hall–Kier alpha value is -1.40. The molecule has 0 radical (unpaired) electrons. The summed E-state index contributed by atoms with van der Waals surface area (Å²) in [5, 5.41) is 13.9. The predicted molar refractivity (Wildman–Crippen MR) is 88.2 cm³/mol. The smallest absolute Gasteiger partial charge is 0.274 e. The Morgan fingerprint density at radius 2 is 2.04 bits per heavy atom. The molecule has 1 aromatic heterocycles. The fraction of sp³-hybridized carbons (Fsp3) is 0.765. The van der Waals surface area contributed by atoms with Gasteiger partial charge in [-0.25, -0.2) is 0 Å². The van der Waals surface area contributed by atoms with Crippen LogP contribution >= 0.6 is 0 Å². The Labute approximate surface area is 138 Å². The van der Waals surface area contributed by atoms with Crippen molar-refractivity contribution in [1.29, 1.82) is 0 Å². The van der Waals surface area contributed by atoms with Crippen LogP contribution in [-0.4, -0.2) is 69.9 Å². The molecule has 23 heavy (non-hydrogen) atoms. The predicted octanol–water partition coefficient (Wildman–Crippen LogP) is 1.07.